The number of hydrogen-bond acceptors (Lipinski definition) is 6. The van der Waals surface area contributed by atoms with Crippen molar-refractivity contribution >= 4 is 32.9 Å². The molecule has 18 heavy (non-hydrogen) atoms. The van der Waals surface area contributed by atoms with Crippen LogP contribution in [0.4, 0.5) is 11.5 Å². The second-order valence-corrected chi connectivity index (χ2v) is 6.02. The highest BCUT2D eigenvalue weighted by atomic mass is 32.2. The molecule has 0 saturated carbocycles. The topological polar surface area (TPSA) is 102 Å². The lowest BCUT2D eigenvalue weighted by Gasteiger charge is -2.05. The molecule has 0 aliphatic carbocycles. The Labute approximate surface area is 106 Å². The summed E-state index contributed by atoms with van der Waals surface area (Å²) in [5.74, 6) is -0.295. The molecule has 0 saturated heterocycles. The molecule has 0 atom stereocenters. The number of aromatic nitrogens is 1. The molecule has 0 amide bonds. The van der Waals surface area contributed by atoms with Crippen molar-refractivity contribution in [3.63, 3.8) is 0 Å². The zero-order valence-electron chi connectivity index (χ0n) is 8.81. The lowest BCUT2D eigenvalue weighted by molar-refractivity contribution is -0.384. The highest BCUT2D eigenvalue weighted by molar-refractivity contribution is 7.94. The highest BCUT2D eigenvalue weighted by Crippen LogP contribution is 2.25. The van der Waals surface area contributed by atoms with Gasteiger partial charge in [0.1, 0.15) is 4.21 Å². The fourth-order valence-corrected chi connectivity index (χ4v) is 3.23. The number of hydrogen-bond donors (Lipinski definition) is 1. The van der Waals surface area contributed by atoms with E-state index in [-0.39, 0.29) is 10.0 Å². The number of pyridine rings is 1. The van der Waals surface area contributed by atoms with E-state index in [2.05, 4.69) is 9.71 Å². The number of sulfonamides is 1. The van der Waals surface area contributed by atoms with Crippen LogP contribution in [0.25, 0.3) is 0 Å². The Bertz CT molecular complexity index is 667. The maximum atomic E-state index is 11.9. The van der Waals surface area contributed by atoms with E-state index in [1.54, 1.807) is 11.4 Å². The molecule has 0 fully saturated rings. The first kappa shape index (κ1) is 12.5. The van der Waals surface area contributed by atoms with Crippen molar-refractivity contribution < 1.29 is 13.3 Å². The number of nitrogens with zero attached hydrogens (tertiary/aromatic N) is 2. The van der Waals surface area contributed by atoms with Crippen LogP contribution in [0.15, 0.2) is 40.1 Å². The van der Waals surface area contributed by atoms with Crippen molar-refractivity contribution in [2.24, 2.45) is 0 Å². The van der Waals surface area contributed by atoms with Crippen LogP contribution in [-0.2, 0) is 10.0 Å². The maximum Gasteiger partial charge on any atom is 0.312 e. The standard InChI is InChI=1S/C9H7N3O4S2/c13-12(14)7-3-1-5-10-9(7)11-18(15,16)8-4-2-6-17-8/h1-6H,(H,10,11). The second kappa shape index (κ2) is 4.70. The molecule has 0 aromatic carbocycles. The van der Waals surface area contributed by atoms with Crippen LogP contribution in [-0.4, -0.2) is 18.3 Å². The first-order valence-electron chi connectivity index (χ1n) is 4.66. The summed E-state index contributed by atoms with van der Waals surface area (Å²) < 4.78 is 25.9. The largest absolute Gasteiger partial charge is 0.312 e. The van der Waals surface area contributed by atoms with Gasteiger partial charge in [-0.25, -0.2) is 13.4 Å². The van der Waals surface area contributed by atoms with E-state index >= 15 is 0 Å². The molecule has 2 aromatic rings. The number of rotatable bonds is 4. The molecule has 9 heteroatoms. The van der Waals surface area contributed by atoms with Crippen molar-refractivity contribution in [3.8, 4) is 0 Å². The van der Waals surface area contributed by atoms with Gasteiger partial charge in [0.15, 0.2) is 0 Å². The van der Waals surface area contributed by atoms with Crippen molar-refractivity contribution in [1.29, 1.82) is 0 Å². The Hall–Kier alpha value is -2.00. The number of anilines is 1. The first-order valence-corrected chi connectivity index (χ1v) is 7.03. The second-order valence-electron chi connectivity index (χ2n) is 3.17. The van der Waals surface area contributed by atoms with Gasteiger partial charge < -0.3 is 0 Å². The third-order valence-electron chi connectivity index (χ3n) is 1.97. The Kier molecular flexibility index (Phi) is 3.26. The maximum absolute atomic E-state index is 11.9. The van der Waals surface area contributed by atoms with Gasteiger partial charge in [0.05, 0.1) is 4.92 Å². The number of nitro groups is 1. The van der Waals surface area contributed by atoms with Gasteiger partial charge in [0, 0.05) is 12.3 Å². The van der Waals surface area contributed by atoms with Crippen molar-refractivity contribution in [1.82, 2.24) is 4.98 Å². The van der Waals surface area contributed by atoms with E-state index in [0.29, 0.717) is 0 Å². The smallest absolute Gasteiger partial charge is 0.258 e. The lowest BCUT2D eigenvalue weighted by Crippen LogP contribution is -2.13. The summed E-state index contributed by atoms with van der Waals surface area (Å²) in [6.07, 6.45) is 1.28. The minimum atomic E-state index is -3.82. The molecule has 0 unspecified atom stereocenters. The third-order valence-corrected chi connectivity index (χ3v) is 4.71. The average molecular weight is 285 g/mol. The Morgan fingerprint density at radius 3 is 2.72 bits per heavy atom. The molecule has 0 aliphatic heterocycles. The molecule has 0 spiro atoms. The van der Waals surface area contributed by atoms with Crippen molar-refractivity contribution in [3.05, 3.63) is 46.0 Å². The first-order chi connectivity index (χ1) is 8.50. The summed E-state index contributed by atoms with van der Waals surface area (Å²) in [5.41, 5.74) is -0.391. The fraction of sp³-hybridized carbons (Fsp3) is 0. The van der Waals surface area contributed by atoms with Crippen LogP contribution in [0.3, 0.4) is 0 Å². The zero-order chi connectivity index (χ0) is 13.2. The Morgan fingerprint density at radius 2 is 2.11 bits per heavy atom. The molecule has 2 heterocycles. The fourth-order valence-electron chi connectivity index (χ4n) is 1.22. The third kappa shape index (κ3) is 2.46. The molecule has 2 rings (SSSR count). The minimum absolute atomic E-state index is 0.0717. The lowest BCUT2D eigenvalue weighted by atomic mass is 10.4. The summed E-state index contributed by atoms with van der Waals surface area (Å²) >= 11 is 1.02. The molecule has 0 bridgehead atoms. The van der Waals surface area contributed by atoms with Gasteiger partial charge in [0.25, 0.3) is 10.0 Å². The van der Waals surface area contributed by atoms with Gasteiger partial charge >= 0.3 is 5.69 Å². The van der Waals surface area contributed by atoms with E-state index in [1.807, 2.05) is 0 Å². The molecule has 7 nitrogen and oxygen atoms in total. The summed E-state index contributed by atoms with van der Waals surface area (Å²) in [7, 11) is -3.82. The summed E-state index contributed by atoms with van der Waals surface area (Å²) in [6, 6.07) is 5.52. The normalized spacial score (nSPS) is 11.1. The van der Waals surface area contributed by atoms with Gasteiger partial charge in [-0.3, -0.25) is 14.8 Å². The van der Waals surface area contributed by atoms with Gasteiger partial charge in [-0.05, 0) is 17.5 Å². The van der Waals surface area contributed by atoms with Crippen LogP contribution in [0.5, 0.6) is 0 Å². The van der Waals surface area contributed by atoms with E-state index in [0.717, 1.165) is 11.3 Å². The predicted molar refractivity (Wildman–Crippen MR) is 66.0 cm³/mol. The molecule has 2 aromatic heterocycles. The Morgan fingerprint density at radius 1 is 1.33 bits per heavy atom. The van der Waals surface area contributed by atoms with Gasteiger partial charge in [-0.15, -0.1) is 11.3 Å². The van der Waals surface area contributed by atoms with E-state index in [9.17, 15) is 18.5 Å². The van der Waals surface area contributed by atoms with Crippen LogP contribution < -0.4 is 4.72 Å². The molecular formula is C9H7N3O4S2. The van der Waals surface area contributed by atoms with Gasteiger partial charge in [-0.2, -0.15) is 0 Å². The van der Waals surface area contributed by atoms with Crippen molar-refractivity contribution in [2.75, 3.05) is 4.72 Å². The monoisotopic (exact) mass is 285 g/mol. The molecular weight excluding hydrogens is 278 g/mol. The van der Waals surface area contributed by atoms with Gasteiger partial charge in [-0.1, -0.05) is 6.07 Å². The van der Waals surface area contributed by atoms with E-state index in [1.165, 1.54) is 24.4 Å². The van der Waals surface area contributed by atoms with Crippen LogP contribution in [0.2, 0.25) is 0 Å². The SMILES string of the molecule is O=[N+]([O-])c1cccnc1NS(=O)(=O)c1cccs1. The Balaban J connectivity index is 2.39. The van der Waals surface area contributed by atoms with Crippen LogP contribution in [0, 0.1) is 10.1 Å². The molecule has 1 N–H and O–H groups in total. The quantitative estimate of drug-likeness (QED) is 0.682. The van der Waals surface area contributed by atoms with Crippen LogP contribution in [0.1, 0.15) is 0 Å². The van der Waals surface area contributed by atoms with Crippen LogP contribution >= 0.6 is 11.3 Å². The predicted octanol–water partition coefficient (Wildman–Crippen LogP) is 1.85. The minimum Gasteiger partial charge on any atom is -0.258 e. The number of thiophene rings is 1. The highest BCUT2D eigenvalue weighted by Gasteiger charge is 2.22. The summed E-state index contributed by atoms with van der Waals surface area (Å²) in [6.45, 7) is 0. The van der Waals surface area contributed by atoms with E-state index < -0.39 is 20.6 Å². The number of nitrogens with one attached hydrogen (secondary N) is 1. The zero-order valence-corrected chi connectivity index (χ0v) is 10.4. The molecule has 0 radical (unpaired) electrons. The van der Waals surface area contributed by atoms with Crippen molar-refractivity contribution in [2.45, 2.75) is 4.21 Å². The molecule has 0 aliphatic rings. The molecule has 94 valence electrons. The van der Waals surface area contributed by atoms with Gasteiger partial charge in [0.2, 0.25) is 5.82 Å². The van der Waals surface area contributed by atoms with E-state index in [4.69, 9.17) is 0 Å². The summed E-state index contributed by atoms with van der Waals surface area (Å²) in [4.78, 5) is 13.7. The average Bonchev–Trinajstić information content (AvgIpc) is 2.83. The summed E-state index contributed by atoms with van der Waals surface area (Å²) in [5, 5.41) is 12.3.